The van der Waals surface area contributed by atoms with E-state index in [-0.39, 0.29) is 18.1 Å². The molecule has 0 aliphatic carbocycles. The Morgan fingerprint density at radius 1 is 1.71 bits per heavy atom. The van der Waals surface area contributed by atoms with E-state index in [9.17, 15) is 4.79 Å². The number of esters is 1. The van der Waals surface area contributed by atoms with Crippen molar-refractivity contribution in [2.24, 2.45) is 0 Å². The second kappa shape index (κ2) is 4.11. The number of hydrogen-bond acceptors (Lipinski definition) is 4. The van der Waals surface area contributed by atoms with Gasteiger partial charge in [0.05, 0.1) is 6.61 Å². The molecule has 0 spiro atoms. The fraction of sp³-hybridized carbons (Fsp3) is 0.500. The van der Waals surface area contributed by atoms with Crippen molar-refractivity contribution in [3.63, 3.8) is 0 Å². The van der Waals surface area contributed by atoms with Crippen LogP contribution in [0.2, 0.25) is 0 Å². The molecule has 0 amide bonds. The Hall–Kier alpha value is -0.870. The van der Waals surface area contributed by atoms with E-state index in [1.807, 2.05) is 11.4 Å². The van der Waals surface area contributed by atoms with E-state index < -0.39 is 0 Å². The molecule has 2 heterocycles. The van der Waals surface area contributed by atoms with Crippen molar-refractivity contribution in [3.8, 4) is 0 Å². The van der Waals surface area contributed by atoms with Crippen molar-refractivity contribution in [2.75, 3.05) is 6.61 Å². The van der Waals surface area contributed by atoms with E-state index in [0.29, 0.717) is 6.61 Å². The third-order valence-electron chi connectivity index (χ3n) is 2.36. The fourth-order valence-electron chi connectivity index (χ4n) is 1.57. The summed E-state index contributed by atoms with van der Waals surface area (Å²) in [5.41, 5.74) is 0. The first-order valence-electron chi connectivity index (χ1n) is 4.73. The molecule has 2 atom stereocenters. The molecule has 1 aromatic heterocycles. The van der Waals surface area contributed by atoms with Gasteiger partial charge in [-0.25, -0.2) is 0 Å². The molecular formula is C10H13NO2S. The Morgan fingerprint density at radius 2 is 2.57 bits per heavy atom. The van der Waals surface area contributed by atoms with Crippen molar-refractivity contribution in [2.45, 2.75) is 25.4 Å². The minimum atomic E-state index is -0.118. The van der Waals surface area contributed by atoms with Gasteiger partial charge in [0.2, 0.25) is 0 Å². The molecular weight excluding hydrogens is 198 g/mol. The maximum Gasteiger partial charge on any atom is 0.323 e. The Bertz CT molecular complexity index is 310. The Kier molecular flexibility index (Phi) is 2.84. The predicted octanol–water partition coefficient (Wildman–Crippen LogP) is 1.71. The van der Waals surface area contributed by atoms with Crippen LogP contribution < -0.4 is 5.32 Å². The van der Waals surface area contributed by atoms with Gasteiger partial charge in [-0.1, -0.05) is 6.07 Å². The first-order valence-corrected chi connectivity index (χ1v) is 5.61. The molecule has 4 heteroatoms. The fourth-order valence-corrected chi connectivity index (χ4v) is 2.31. The SMILES string of the molecule is CC(NC1CCOC1=O)c1cccs1. The number of cyclic esters (lactones) is 1. The van der Waals surface area contributed by atoms with Gasteiger partial charge in [0, 0.05) is 17.3 Å². The highest BCUT2D eigenvalue weighted by Gasteiger charge is 2.27. The normalized spacial score (nSPS) is 23.5. The molecule has 76 valence electrons. The number of thiophene rings is 1. The minimum absolute atomic E-state index is 0.117. The molecule has 1 N–H and O–H groups in total. The summed E-state index contributed by atoms with van der Waals surface area (Å²) < 4.78 is 4.89. The van der Waals surface area contributed by atoms with Gasteiger partial charge in [-0.3, -0.25) is 10.1 Å². The van der Waals surface area contributed by atoms with E-state index in [4.69, 9.17) is 4.74 Å². The molecule has 1 saturated heterocycles. The smallest absolute Gasteiger partial charge is 0.323 e. The molecule has 2 unspecified atom stereocenters. The molecule has 1 aliphatic heterocycles. The first kappa shape index (κ1) is 9.68. The van der Waals surface area contributed by atoms with Crippen molar-refractivity contribution >= 4 is 17.3 Å². The van der Waals surface area contributed by atoms with Crippen LogP contribution in [0.25, 0.3) is 0 Å². The van der Waals surface area contributed by atoms with Crippen LogP contribution in [-0.2, 0) is 9.53 Å². The maximum absolute atomic E-state index is 11.2. The van der Waals surface area contributed by atoms with Crippen LogP contribution in [0.15, 0.2) is 17.5 Å². The van der Waals surface area contributed by atoms with Crippen LogP contribution in [0, 0.1) is 0 Å². The lowest BCUT2D eigenvalue weighted by atomic mass is 10.2. The van der Waals surface area contributed by atoms with Gasteiger partial charge in [0.1, 0.15) is 6.04 Å². The average molecular weight is 211 g/mol. The number of carbonyl (C=O) groups is 1. The van der Waals surface area contributed by atoms with Crippen molar-refractivity contribution in [3.05, 3.63) is 22.4 Å². The minimum Gasteiger partial charge on any atom is -0.464 e. The lowest BCUT2D eigenvalue weighted by Crippen LogP contribution is -2.34. The maximum atomic E-state index is 11.2. The molecule has 14 heavy (non-hydrogen) atoms. The first-order chi connectivity index (χ1) is 6.77. The van der Waals surface area contributed by atoms with E-state index in [1.54, 1.807) is 11.3 Å². The molecule has 0 bridgehead atoms. The van der Waals surface area contributed by atoms with E-state index in [2.05, 4.69) is 18.3 Å². The predicted molar refractivity (Wildman–Crippen MR) is 55.2 cm³/mol. The van der Waals surface area contributed by atoms with Crippen LogP contribution >= 0.6 is 11.3 Å². The summed E-state index contributed by atoms with van der Waals surface area (Å²) in [5.74, 6) is -0.117. The summed E-state index contributed by atoms with van der Waals surface area (Å²) in [4.78, 5) is 12.5. The van der Waals surface area contributed by atoms with Gasteiger partial charge in [-0.15, -0.1) is 11.3 Å². The molecule has 0 aromatic carbocycles. The Balaban J connectivity index is 1.94. The van der Waals surface area contributed by atoms with E-state index in [1.165, 1.54) is 4.88 Å². The van der Waals surface area contributed by atoms with E-state index in [0.717, 1.165) is 6.42 Å². The van der Waals surface area contributed by atoms with Crippen molar-refractivity contribution in [1.29, 1.82) is 0 Å². The second-order valence-electron chi connectivity index (χ2n) is 3.41. The summed E-state index contributed by atoms with van der Waals surface area (Å²) in [6, 6.07) is 4.20. The van der Waals surface area contributed by atoms with Crippen molar-refractivity contribution < 1.29 is 9.53 Å². The quantitative estimate of drug-likeness (QED) is 0.774. The van der Waals surface area contributed by atoms with Crippen LogP contribution in [0.3, 0.4) is 0 Å². The Labute approximate surface area is 87.1 Å². The zero-order valence-corrected chi connectivity index (χ0v) is 8.84. The topological polar surface area (TPSA) is 38.3 Å². The molecule has 1 aromatic rings. The largest absolute Gasteiger partial charge is 0.464 e. The van der Waals surface area contributed by atoms with Gasteiger partial charge >= 0.3 is 5.97 Å². The third kappa shape index (κ3) is 1.96. The summed E-state index contributed by atoms with van der Waals surface area (Å²) in [7, 11) is 0. The molecule has 0 radical (unpaired) electrons. The summed E-state index contributed by atoms with van der Waals surface area (Å²) in [5, 5.41) is 5.31. The highest BCUT2D eigenvalue weighted by molar-refractivity contribution is 7.10. The average Bonchev–Trinajstić information content (AvgIpc) is 2.77. The van der Waals surface area contributed by atoms with Crippen LogP contribution in [0.1, 0.15) is 24.3 Å². The highest BCUT2D eigenvalue weighted by Crippen LogP contribution is 2.20. The van der Waals surface area contributed by atoms with Crippen LogP contribution in [-0.4, -0.2) is 18.6 Å². The third-order valence-corrected chi connectivity index (χ3v) is 3.41. The molecule has 0 saturated carbocycles. The highest BCUT2D eigenvalue weighted by atomic mass is 32.1. The number of hydrogen-bond donors (Lipinski definition) is 1. The van der Waals surface area contributed by atoms with Crippen LogP contribution in [0.4, 0.5) is 0 Å². The van der Waals surface area contributed by atoms with Gasteiger partial charge in [-0.05, 0) is 18.4 Å². The second-order valence-corrected chi connectivity index (χ2v) is 4.39. The van der Waals surface area contributed by atoms with Gasteiger partial charge in [0.15, 0.2) is 0 Å². The zero-order chi connectivity index (χ0) is 9.97. The summed E-state index contributed by atoms with van der Waals surface area (Å²) >= 11 is 1.70. The molecule has 3 nitrogen and oxygen atoms in total. The van der Waals surface area contributed by atoms with E-state index >= 15 is 0 Å². The van der Waals surface area contributed by atoms with Gasteiger partial charge < -0.3 is 4.74 Å². The molecule has 2 rings (SSSR count). The molecule has 1 fully saturated rings. The van der Waals surface area contributed by atoms with Crippen molar-refractivity contribution in [1.82, 2.24) is 5.32 Å². The zero-order valence-electron chi connectivity index (χ0n) is 8.03. The lowest BCUT2D eigenvalue weighted by Gasteiger charge is -2.14. The Morgan fingerprint density at radius 3 is 3.14 bits per heavy atom. The number of ether oxygens (including phenoxy) is 1. The summed E-state index contributed by atoms with van der Waals surface area (Å²) in [6.45, 7) is 2.62. The lowest BCUT2D eigenvalue weighted by molar-refractivity contribution is -0.139. The van der Waals surface area contributed by atoms with Gasteiger partial charge in [-0.2, -0.15) is 0 Å². The van der Waals surface area contributed by atoms with Crippen LogP contribution in [0.5, 0.6) is 0 Å². The number of rotatable bonds is 3. The monoisotopic (exact) mass is 211 g/mol. The standard InChI is InChI=1S/C10H13NO2S/c1-7(9-3-2-6-14-9)11-8-4-5-13-10(8)12/h2-3,6-8,11H,4-5H2,1H3. The number of carbonyl (C=O) groups excluding carboxylic acids is 1. The number of nitrogens with one attached hydrogen (secondary N) is 1. The summed E-state index contributed by atoms with van der Waals surface area (Å²) in [6.07, 6.45) is 0.786. The molecule has 1 aliphatic rings. The van der Waals surface area contributed by atoms with Gasteiger partial charge in [0.25, 0.3) is 0 Å².